The second kappa shape index (κ2) is 6.66. The highest BCUT2D eigenvalue weighted by Crippen LogP contribution is 2.27. The summed E-state index contributed by atoms with van der Waals surface area (Å²) < 4.78 is 7.31. The van der Waals surface area contributed by atoms with Gasteiger partial charge in [0.2, 0.25) is 0 Å². The largest absolute Gasteiger partial charge is 0.377 e. The SMILES string of the molecule is CC1(C)COCCN1C(=O)c1csc(-c2cnn(-c3ccccc3)c2)n1. The number of carbonyl (C=O) groups excluding carboxylic acids is 1. The monoisotopic (exact) mass is 368 g/mol. The van der Waals surface area contributed by atoms with Gasteiger partial charge in [0.05, 0.1) is 30.6 Å². The van der Waals surface area contributed by atoms with Crippen LogP contribution in [0.2, 0.25) is 0 Å². The number of carbonyl (C=O) groups is 1. The van der Waals surface area contributed by atoms with Crippen LogP contribution in [0.5, 0.6) is 0 Å². The first-order valence-electron chi connectivity index (χ1n) is 8.50. The highest BCUT2D eigenvalue weighted by Gasteiger charge is 2.35. The van der Waals surface area contributed by atoms with Crippen LogP contribution in [0.1, 0.15) is 24.3 Å². The zero-order valence-corrected chi connectivity index (χ0v) is 15.6. The maximum Gasteiger partial charge on any atom is 0.273 e. The van der Waals surface area contributed by atoms with Gasteiger partial charge >= 0.3 is 0 Å². The number of amides is 1. The van der Waals surface area contributed by atoms with Crippen LogP contribution in [0.4, 0.5) is 0 Å². The summed E-state index contributed by atoms with van der Waals surface area (Å²) in [7, 11) is 0. The maximum atomic E-state index is 12.9. The number of aromatic nitrogens is 3. The molecule has 3 aromatic rings. The first kappa shape index (κ1) is 16.9. The van der Waals surface area contributed by atoms with E-state index < -0.39 is 0 Å². The molecule has 26 heavy (non-hydrogen) atoms. The van der Waals surface area contributed by atoms with E-state index in [1.165, 1.54) is 11.3 Å². The Labute approximate surface area is 156 Å². The quantitative estimate of drug-likeness (QED) is 0.712. The van der Waals surface area contributed by atoms with Gasteiger partial charge in [0.1, 0.15) is 10.7 Å². The second-order valence-electron chi connectivity index (χ2n) is 6.87. The topological polar surface area (TPSA) is 60.2 Å². The van der Waals surface area contributed by atoms with E-state index in [9.17, 15) is 4.79 Å². The molecule has 1 fully saturated rings. The third-order valence-electron chi connectivity index (χ3n) is 4.46. The first-order chi connectivity index (χ1) is 12.5. The molecule has 4 rings (SSSR count). The summed E-state index contributed by atoms with van der Waals surface area (Å²) in [5.74, 6) is -0.0451. The average molecular weight is 368 g/mol. The number of nitrogens with zero attached hydrogens (tertiary/aromatic N) is 4. The molecule has 6 nitrogen and oxygen atoms in total. The predicted octanol–water partition coefficient (Wildman–Crippen LogP) is 3.25. The number of hydrogen-bond donors (Lipinski definition) is 0. The predicted molar refractivity (Wildman–Crippen MR) is 101 cm³/mol. The minimum atomic E-state index is -0.322. The lowest BCUT2D eigenvalue weighted by Gasteiger charge is -2.41. The Hall–Kier alpha value is -2.51. The van der Waals surface area contributed by atoms with E-state index >= 15 is 0 Å². The molecule has 0 radical (unpaired) electrons. The smallest absolute Gasteiger partial charge is 0.273 e. The second-order valence-corrected chi connectivity index (χ2v) is 7.73. The van der Waals surface area contributed by atoms with Crippen molar-refractivity contribution >= 4 is 17.2 Å². The van der Waals surface area contributed by atoms with Crippen molar-refractivity contribution in [2.45, 2.75) is 19.4 Å². The number of morpholine rings is 1. The minimum Gasteiger partial charge on any atom is -0.377 e. The Morgan fingerprint density at radius 3 is 2.85 bits per heavy atom. The number of hydrogen-bond acceptors (Lipinski definition) is 5. The highest BCUT2D eigenvalue weighted by atomic mass is 32.1. The third-order valence-corrected chi connectivity index (χ3v) is 5.36. The summed E-state index contributed by atoms with van der Waals surface area (Å²) in [6.45, 7) is 5.72. The van der Waals surface area contributed by atoms with Crippen molar-refractivity contribution in [3.8, 4) is 16.3 Å². The fourth-order valence-electron chi connectivity index (χ4n) is 3.03. The molecule has 1 aliphatic rings. The highest BCUT2D eigenvalue weighted by molar-refractivity contribution is 7.13. The van der Waals surface area contributed by atoms with Crippen LogP contribution >= 0.6 is 11.3 Å². The van der Waals surface area contributed by atoms with Crippen LogP contribution in [0.15, 0.2) is 48.1 Å². The van der Waals surface area contributed by atoms with Gasteiger partial charge in [-0.3, -0.25) is 4.79 Å². The lowest BCUT2D eigenvalue weighted by atomic mass is 10.0. The molecular weight excluding hydrogens is 348 g/mol. The molecule has 134 valence electrons. The van der Waals surface area contributed by atoms with Crippen LogP contribution in [0, 0.1) is 0 Å². The maximum absolute atomic E-state index is 12.9. The minimum absolute atomic E-state index is 0.0451. The van der Waals surface area contributed by atoms with Gasteiger partial charge in [-0.2, -0.15) is 5.10 Å². The van der Waals surface area contributed by atoms with E-state index in [1.54, 1.807) is 6.20 Å². The molecular formula is C19H20N4O2S. The van der Waals surface area contributed by atoms with Crippen molar-refractivity contribution < 1.29 is 9.53 Å². The fraction of sp³-hybridized carbons (Fsp3) is 0.316. The van der Waals surface area contributed by atoms with Crippen LogP contribution in [-0.2, 0) is 4.74 Å². The Balaban J connectivity index is 1.57. The standard InChI is InChI=1S/C19H20N4O2S/c1-19(2)13-25-9-8-22(19)18(24)16-12-26-17(21-16)14-10-20-23(11-14)15-6-4-3-5-7-15/h3-7,10-12H,8-9,13H2,1-2H3. The molecule has 0 saturated carbocycles. The van der Waals surface area contributed by atoms with Crippen molar-refractivity contribution in [3.63, 3.8) is 0 Å². The zero-order chi connectivity index (χ0) is 18.1. The van der Waals surface area contributed by atoms with Gasteiger partial charge in [0.25, 0.3) is 5.91 Å². The van der Waals surface area contributed by atoms with Crippen molar-refractivity contribution in [3.05, 3.63) is 53.8 Å². The molecule has 2 aromatic heterocycles. The molecule has 0 atom stereocenters. The van der Waals surface area contributed by atoms with Gasteiger partial charge < -0.3 is 9.64 Å². The summed E-state index contributed by atoms with van der Waals surface area (Å²) in [6, 6.07) is 9.91. The van der Waals surface area contributed by atoms with Gasteiger partial charge in [-0.25, -0.2) is 9.67 Å². The molecule has 0 bridgehead atoms. The van der Waals surface area contributed by atoms with E-state index in [-0.39, 0.29) is 11.4 Å². The van der Waals surface area contributed by atoms with Crippen molar-refractivity contribution in [1.82, 2.24) is 19.7 Å². The average Bonchev–Trinajstić information content (AvgIpc) is 3.31. The van der Waals surface area contributed by atoms with Crippen molar-refractivity contribution in [2.75, 3.05) is 19.8 Å². The van der Waals surface area contributed by atoms with E-state index in [0.717, 1.165) is 16.3 Å². The van der Waals surface area contributed by atoms with E-state index in [1.807, 2.05) is 65.3 Å². The number of rotatable bonds is 3. The molecule has 3 heterocycles. The van der Waals surface area contributed by atoms with E-state index in [0.29, 0.717) is 25.5 Å². The normalized spacial score (nSPS) is 16.6. The van der Waals surface area contributed by atoms with Gasteiger partial charge in [-0.1, -0.05) is 18.2 Å². The van der Waals surface area contributed by atoms with Crippen molar-refractivity contribution in [2.24, 2.45) is 0 Å². The molecule has 0 N–H and O–H groups in total. The Bertz CT molecular complexity index is 917. The van der Waals surface area contributed by atoms with Crippen LogP contribution < -0.4 is 0 Å². The number of para-hydroxylation sites is 1. The molecule has 1 amide bonds. The molecule has 1 saturated heterocycles. The Morgan fingerprint density at radius 1 is 1.27 bits per heavy atom. The first-order valence-corrected chi connectivity index (χ1v) is 9.38. The number of benzene rings is 1. The van der Waals surface area contributed by atoms with Crippen LogP contribution in [-0.4, -0.2) is 50.9 Å². The van der Waals surface area contributed by atoms with E-state index in [4.69, 9.17) is 4.74 Å². The summed E-state index contributed by atoms with van der Waals surface area (Å²) in [5.41, 5.74) is 2.05. The Kier molecular flexibility index (Phi) is 4.34. The lowest BCUT2D eigenvalue weighted by molar-refractivity contribution is -0.0372. The van der Waals surface area contributed by atoms with Gasteiger partial charge in [0, 0.05) is 23.7 Å². The fourth-order valence-corrected chi connectivity index (χ4v) is 3.80. The molecule has 0 spiro atoms. The summed E-state index contributed by atoms with van der Waals surface area (Å²) in [6.07, 6.45) is 3.71. The van der Waals surface area contributed by atoms with Gasteiger partial charge in [-0.05, 0) is 26.0 Å². The molecule has 1 aliphatic heterocycles. The number of thiazole rings is 1. The Morgan fingerprint density at radius 2 is 2.08 bits per heavy atom. The van der Waals surface area contributed by atoms with Crippen LogP contribution in [0.25, 0.3) is 16.3 Å². The molecule has 0 aliphatic carbocycles. The lowest BCUT2D eigenvalue weighted by Crippen LogP contribution is -2.55. The summed E-state index contributed by atoms with van der Waals surface area (Å²) >= 11 is 1.46. The van der Waals surface area contributed by atoms with E-state index in [2.05, 4.69) is 10.1 Å². The molecule has 7 heteroatoms. The third kappa shape index (κ3) is 3.15. The number of ether oxygens (including phenoxy) is 1. The van der Waals surface area contributed by atoms with Crippen LogP contribution in [0.3, 0.4) is 0 Å². The van der Waals surface area contributed by atoms with Gasteiger partial charge in [-0.15, -0.1) is 11.3 Å². The molecule has 0 unspecified atom stereocenters. The molecule has 1 aromatic carbocycles. The zero-order valence-electron chi connectivity index (χ0n) is 14.8. The van der Waals surface area contributed by atoms with Gasteiger partial charge in [0.15, 0.2) is 0 Å². The summed E-state index contributed by atoms with van der Waals surface area (Å²) in [4.78, 5) is 19.3. The van der Waals surface area contributed by atoms with Crippen molar-refractivity contribution in [1.29, 1.82) is 0 Å². The summed E-state index contributed by atoms with van der Waals surface area (Å²) in [5, 5.41) is 7.02.